The Hall–Kier alpha value is -3.01. The Bertz CT molecular complexity index is 1180. The molecule has 3 aromatic rings. The van der Waals surface area contributed by atoms with Gasteiger partial charge in [-0.1, -0.05) is 12.1 Å². The molecule has 1 heterocycles. The molecule has 0 fully saturated rings. The zero-order valence-electron chi connectivity index (χ0n) is 17.8. The van der Waals surface area contributed by atoms with Gasteiger partial charge in [-0.25, -0.2) is 13.6 Å². The molecule has 0 aliphatic rings. The van der Waals surface area contributed by atoms with Crippen molar-refractivity contribution < 1.29 is 41.1 Å². The summed E-state index contributed by atoms with van der Waals surface area (Å²) in [6.07, 6.45) is -5.45. The smallest absolute Gasteiger partial charge is 0.407 e. The van der Waals surface area contributed by atoms with Crippen molar-refractivity contribution in [3.63, 3.8) is 0 Å². The number of rotatable bonds is 9. The molecular formula is C23H22F5NO4. The molecule has 2 aromatic carbocycles. The van der Waals surface area contributed by atoms with E-state index in [4.69, 9.17) is 9.52 Å². The van der Waals surface area contributed by atoms with Gasteiger partial charge < -0.3 is 14.8 Å². The zero-order chi connectivity index (χ0) is 24.6. The number of carboxylic acid groups (broad SMARTS) is 1. The fourth-order valence-electron chi connectivity index (χ4n) is 3.86. The van der Waals surface area contributed by atoms with Gasteiger partial charge in [0.25, 0.3) is 0 Å². The minimum Gasteiger partial charge on any atom is -0.475 e. The standard InChI is InChI=1S/C23H22F5NO4/c1-22(2,25)11-13(19(30)21(31)32)7-8-29-20(23(26,27)28)12-3-5-15-16-10-14(24)4-6-17(16)33-18(15)9-12/h3-6,9-10,13,20,29H,7-8,11H2,1-2H3,(H,31,32). The van der Waals surface area contributed by atoms with Crippen molar-refractivity contribution >= 4 is 33.7 Å². The van der Waals surface area contributed by atoms with Crippen LogP contribution in [0.25, 0.3) is 21.9 Å². The van der Waals surface area contributed by atoms with Gasteiger partial charge in [0.15, 0.2) is 0 Å². The first-order chi connectivity index (χ1) is 15.3. The van der Waals surface area contributed by atoms with Gasteiger partial charge in [-0.3, -0.25) is 4.79 Å². The number of carboxylic acids is 1. The molecule has 2 atom stereocenters. The molecule has 33 heavy (non-hydrogen) atoms. The molecule has 0 radical (unpaired) electrons. The maximum absolute atomic E-state index is 14.0. The van der Waals surface area contributed by atoms with E-state index in [1.165, 1.54) is 36.4 Å². The molecule has 0 bridgehead atoms. The molecule has 0 saturated heterocycles. The highest BCUT2D eigenvalue weighted by Gasteiger charge is 2.41. The van der Waals surface area contributed by atoms with Crippen molar-refractivity contribution in [3.05, 3.63) is 47.8 Å². The first-order valence-corrected chi connectivity index (χ1v) is 10.1. The van der Waals surface area contributed by atoms with E-state index >= 15 is 0 Å². The van der Waals surface area contributed by atoms with Crippen LogP contribution in [0.3, 0.4) is 0 Å². The summed E-state index contributed by atoms with van der Waals surface area (Å²) in [6.45, 7) is 1.94. The monoisotopic (exact) mass is 471 g/mol. The van der Waals surface area contributed by atoms with Crippen LogP contribution in [-0.4, -0.2) is 35.2 Å². The lowest BCUT2D eigenvalue weighted by Gasteiger charge is -2.25. The van der Waals surface area contributed by atoms with E-state index in [0.29, 0.717) is 16.4 Å². The number of Topliss-reactive ketones (excluding diaryl/α,β-unsaturated/α-hetero) is 1. The predicted octanol–water partition coefficient (Wildman–Crippen LogP) is 5.72. The van der Waals surface area contributed by atoms with Crippen LogP contribution in [0, 0.1) is 11.7 Å². The fourth-order valence-corrected chi connectivity index (χ4v) is 3.86. The number of alkyl halides is 4. The van der Waals surface area contributed by atoms with Crippen LogP contribution in [0.1, 0.15) is 38.3 Å². The van der Waals surface area contributed by atoms with E-state index in [2.05, 4.69) is 5.32 Å². The van der Waals surface area contributed by atoms with Crippen molar-refractivity contribution in [1.29, 1.82) is 0 Å². The third-order valence-electron chi connectivity index (χ3n) is 5.27. The first-order valence-electron chi connectivity index (χ1n) is 10.1. The molecule has 0 aliphatic heterocycles. The van der Waals surface area contributed by atoms with Crippen LogP contribution >= 0.6 is 0 Å². The van der Waals surface area contributed by atoms with E-state index in [1.807, 2.05) is 0 Å². The average Bonchev–Trinajstić information content (AvgIpc) is 3.04. The van der Waals surface area contributed by atoms with Gasteiger partial charge in [-0.15, -0.1) is 0 Å². The maximum atomic E-state index is 14.0. The lowest BCUT2D eigenvalue weighted by atomic mass is 9.88. The van der Waals surface area contributed by atoms with Crippen molar-refractivity contribution in [2.45, 2.75) is 44.6 Å². The third kappa shape index (κ3) is 5.87. The summed E-state index contributed by atoms with van der Waals surface area (Å²) in [5, 5.41) is 12.1. The first kappa shape index (κ1) is 24.6. The Morgan fingerprint density at radius 1 is 1.03 bits per heavy atom. The molecule has 3 rings (SSSR count). The highest BCUT2D eigenvalue weighted by molar-refractivity contribution is 6.33. The summed E-state index contributed by atoms with van der Waals surface area (Å²) in [5.74, 6) is -4.80. The van der Waals surface area contributed by atoms with Crippen LogP contribution in [0.2, 0.25) is 0 Å². The van der Waals surface area contributed by atoms with E-state index < -0.39 is 47.8 Å². The van der Waals surface area contributed by atoms with E-state index in [0.717, 1.165) is 13.8 Å². The van der Waals surface area contributed by atoms with Crippen molar-refractivity contribution in [2.75, 3.05) is 6.54 Å². The number of fused-ring (bicyclic) bond motifs is 3. The van der Waals surface area contributed by atoms with Gasteiger partial charge in [0.2, 0.25) is 5.78 Å². The maximum Gasteiger partial charge on any atom is 0.407 e. The number of aliphatic carboxylic acids is 1. The van der Waals surface area contributed by atoms with Gasteiger partial charge in [0, 0.05) is 16.7 Å². The van der Waals surface area contributed by atoms with Crippen molar-refractivity contribution in [2.24, 2.45) is 5.92 Å². The van der Waals surface area contributed by atoms with Crippen LogP contribution in [0.15, 0.2) is 40.8 Å². The van der Waals surface area contributed by atoms with Crippen LogP contribution in [-0.2, 0) is 9.59 Å². The number of furan rings is 1. The molecule has 0 saturated carbocycles. The molecular weight excluding hydrogens is 449 g/mol. The molecule has 5 nitrogen and oxygen atoms in total. The molecule has 1 aromatic heterocycles. The lowest BCUT2D eigenvalue weighted by molar-refractivity contribution is -0.158. The van der Waals surface area contributed by atoms with Crippen molar-refractivity contribution in [3.8, 4) is 0 Å². The topological polar surface area (TPSA) is 79.5 Å². The Morgan fingerprint density at radius 3 is 2.33 bits per heavy atom. The van der Waals surface area contributed by atoms with Gasteiger partial charge >= 0.3 is 12.1 Å². The summed E-state index contributed by atoms with van der Waals surface area (Å²) in [5.41, 5.74) is -1.59. The van der Waals surface area contributed by atoms with Gasteiger partial charge in [-0.05, 0) is 63.1 Å². The highest BCUT2D eigenvalue weighted by Crippen LogP contribution is 2.37. The summed E-state index contributed by atoms with van der Waals surface area (Å²) in [4.78, 5) is 22.9. The Balaban J connectivity index is 1.84. The number of hydrogen-bond donors (Lipinski definition) is 2. The number of carbonyl (C=O) groups is 2. The lowest BCUT2D eigenvalue weighted by Crippen LogP contribution is -2.37. The second-order valence-electron chi connectivity index (χ2n) is 8.50. The van der Waals surface area contributed by atoms with Crippen LogP contribution < -0.4 is 5.32 Å². The number of halogens is 5. The number of ketones is 1. The number of hydrogen-bond acceptors (Lipinski definition) is 4. The molecule has 10 heteroatoms. The van der Waals surface area contributed by atoms with Crippen LogP contribution in [0.4, 0.5) is 22.0 Å². The number of benzene rings is 2. The fraction of sp³-hybridized carbons (Fsp3) is 0.391. The quantitative estimate of drug-likeness (QED) is 0.308. The van der Waals surface area contributed by atoms with E-state index in [-0.39, 0.29) is 24.1 Å². The zero-order valence-corrected chi connectivity index (χ0v) is 17.8. The molecule has 0 spiro atoms. The molecule has 178 valence electrons. The van der Waals surface area contributed by atoms with E-state index in [9.17, 15) is 31.5 Å². The molecule has 0 amide bonds. The second-order valence-corrected chi connectivity index (χ2v) is 8.50. The van der Waals surface area contributed by atoms with Crippen LogP contribution in [0.5, 0.6) is 0 Å². The number of carbonyl (C=O) groups excluding carboxylic acids is 1. The minimum atomic E-state index is -4.72. The minimum absolute atomic E-state index is 0.141. The molecule has 0 aliphatic carbocycles. The van der Waals surface area contributed by atoms with Gasteiger partial charge in [-0.2, -0.15) is 13.2 Å². The summed E-state index contributed by atoms with van der Waals surface area (Å²) >= 11 is 0. The Labute approximate surface area is 185 Å². The summed E-state index contributed by atoms with van der Waals surface area (Å²) in [7, 11) is 0. The van der Waals surface area contributed by atoms with Crippen molar-refractivity contribution in [1.82, 2.24) is 5.32 Å². The Morgan fingerprint density at radius 2 is 1.73 bits per heavy atom. The van der Waals surface area contributed by atoms with Gasteiger partial charge in [0.05, 0.1) is 0 Å². The second kappa shape index (κ2) is 9.09. The normalized spacial score (nSPS) is 14.5. The van der Waals surface area contributed by atoms with E-state index in [1.54, 1.807) is 0 Å². The number of nitrogens with one attached hydrogen (secondary N) is 1. The predicted molar refractivity (Wildman–Crippen MR) is 111 cm³/mol. The SMILES string of the molecule is CC(C)(F)CC(CCNC(c1ccc2c(c1)oc1ccc(F)cc12)C(F)(F)F)C(=O)C(=O)O. The van der Waals surface area contributed by atoms with Gasteiger partial charge in [0.1, 0.15) is 28.7 Å². The third-order valence-corrected chi connectivity index (χ3v) is 5.27. The largest absolute Gasteiger partial charge is 0.475 e. The highest BCUT2D eigenvalue weighted by atomic mass is 19.4. The Kier molecular flexibility index (Phi) is 6.78. The molecule has 2 N–H and O–H groups in total. The summed E-state index contributed by atoms with van der Waals surface area (Å²) in [6, 6.07) is 5.48. The molecule has 2 unspecified atom stereocenters. The average molecular weight is 471 g/mol. The summed E-state index contributed by atoms with van der Waals surface area (Å²) < 4.78 is 74.4.